The predicted octanol–water partition coefficient (Wildman–Crippen LogP) is 1.12. The molecule has 0 aromatic carbocycles. The Hall–Kier alpha value is -0.610. The number of hydrogen-bond donors (Lipinski definition) is 1. The van der Waals surface area contributed by atoms with Crippen LogP contribution >= 0.6 is 0 Å². The minimum Gasteiger partial charge on any atom is -0.481 e. The smallest absolute Gasteiger partial charge is 0.307 e. The van der Waals surface area contributed by atoms with Gasteiger partial charge in [-0.25, -0.2) is 0 Å². The molecule has 1 atom stereocenters. The number of carboxylic acids is 1. The average Bonchev–Trinajstić information content (AvgIpc) is 2.98. The second-order valence-corrected chi connectivity index (χ2v) is 5.12. The second-order valence-electron chi connectivity index (χ2n) is 5.12. The number of nitrogens with zero attached hydrogens (tertiary/aromatic N) is 2. The molecule has 4 nitrogen and oxygen atoms in total. The third-order valence-corrected chi connectivity index (χ3v) is 3.04. The predicted molar refractivity (Wildman–Crippen MR) is 64.6 cm³/mol. The van der Waals surface area contributed by atoms with E-state index in [9.17, 15) is 4.79 Å². The van der Waals surface area contributed by atoms with Crippen LogP contribution in [0.1, 0.15) is 26.2 Å². The molecule has 16 heavy (non-hydrogen) atoms. The fourth-order valence-electron chi connectivity index (χ4n) is 1.88. The van der Waals surface area contributed by atoms with E-state index in [4.69, 9.17) is 5.11 Å². The Morgan fingerprint density at radius 1 is 1.38 bits per heavy atom. The minimum atomic E-state index is -0.682. The number of aliphatic carboxylic acids is 1. The molecule has 1 N–H and O–H groups in total. The van der Waals surface area contributed by atoms with Crippen LogP contribution in [0.4, 0.5) is 0 Å². The van der Waals surface area contributed by atoms with E-state index < -0.39 is 5.97 Å². The van der Waals surface area contributed by atoms with Crippen molar-refractivity contribution in [1.29, 1.82) is 0 Å². The summed E-state index contributed by atoms with van der Waals surface area (Å²) in [6.45, 7) is 4.60. The average molecular weight is 228 g/mol. The van der Waals surface area contributed by atoms with Crippen molar-refractivity contribution in [2.24, 2.45) is 5.92 Å². The Balaban J connectivity index is 2.27. The van der Waals surface area contributed by atoms with Crippen molar-refractivity contribution in [1.82, 2.24) is 9.80 Å². The van der Waals surface area contributed by atoms with E-state index in [2.05, 4.69) is 23.9 Å². The van der Waals surface area contributed by atoms with E-state index in [1.807, 2.05) is 0 Å². The number of hydrogen-bond acceptors (Lipinski definition) is 3. The molecule has 0 amide bonds. The summed E-state index contributed by atoms with van der Waals surface area (Å²) in [4.78, 5) is 15.3. The molecule has 0 spiro atoms. The van der Waals surface area contributed by atoms with Crippen molar-refractivity contribution < 1.29 is 9.90 Å². The minimum absolute atomic E-state index is 0.250. The van der Waals surface area contributed by atoms with Crippen molar-refractivity contribution in [2.45, 2.75) is 32.2 Å². The topological polar surface area (TPSA) is 43.8 Å². The first kappa shape index (κ1) is 13.5. The number of carboxylic acid groups (broad SMARTS) is 1. The Kier molecular flexibility index (Phi) is 5.22. The molecule has 0 aromatic rings. The van der Waals surface area contributed by atoms with Gasteiger partial charge in [-0.1, -0.05) is 6.92 Å². The SMILES string of the molecule is CC(CN(CCCN(C)C)C1CC1)C(=O)O. The molecule has 94 valence electrons. The maximum absolute atomic E-state index is 10.8. The van der Waals surface area contributed by atoms with Gasteiger partial charge in [0.15, 0.2) is 0 Å². The Morgan fingerprint density at radius 2 is 2.00 bits per heavy atom. The van der Waals surface area contributed by atoms with Crippen LogP contribution in [0, 0.1) is 5.92 Å². The molecule has 1 rings (SSSR count). The summed E-state index contributed by atoms with van der Waals surface area (Å²) in [5, 5.41) is 8.91. The quantitative estimate of drug-likeness (QED) is 0.676. The molecule has 1 unspecified atom stereocenters. The maximum atomic E-state index is 10.8. The van der Waals surface area contributed by atoms with Crippen molar-refractivity contribution in [3.8, 4) is 0 Å². The van der Waals surface area contributed by atoms with Gasteiger partial charge in [0, 0.05) is 12.6 Å². The van der Waals surface area contributed by atoms with Gasteiger partial charge in [0.1, 0.15) is 0 Å². The normalized spacial score (nSPS) is 18.1. The number of rotatable bonds is 8. The van der Waals surface area contributed by atoms with E-state index in [-0.39, 0.29) is 5.92 Å². The maximum Gasteiger partial charge on any atom is 0.307 e. The lowest BCUT2D eigenvalue weighted by Gasteiger charge is -2.24. The molecule has 0 heterocycles. The first-order chi connectivity index (χ1) is 7.50. The zero-order valence-electron chi connectivity index (χ0n) is 10.6. The van der Waals surface area contributed by atoms with Crippen LogP contribution in [0.25, 0.3) is 0 Å². The molecule has 1 fully saturated rings. The molecule has 1 aliphatic rings. The first-order valence-corrected chi connectivity index (χ1v) is 6.12. The highest BCUT2D eigenvalue weighted by atomic mass is 16.4. The monoisotopic (exact) mass is 228 g/mol. The zero-order chi connectivity index (χ0) is 12.1. The zero-order valence-corrected chi connectivity index (χ0v) is 10.6. The molecule has 1 aliphatic carbocycles. The molecule has 0 aliphatic heterocycles. The molecular weight excluding hydrogens is 204 g/mol. The fourth-order valence-corrected chi connectivity index (χ4v) is 1.88. The van der Waals surface area contributed by atoms with Crippen molar-refractivity contribution >= 4 is 5.97 Å². The molecule has 1 saturated carbocycles. The van der Waals surface area contributed by atoms with Gasteiger partial charge in [-0.15, -0.1) is 0 Å². The molecule has 0 aromatic heterocycles. The van der Waals surface area contributed by atoms with Crippen LogP contribution in [0.2, 0.25) is 0 Å². The lowest BCUT2D eigenvalue weighted by Crippen LogP contribution is -2.35. The van der Waals surface area contributed by atoms with Gasteiger partial charge in [-0.05, 0) is 46.4 Å². The van der Waals surface area contributed by atoms with Gasteiger partial charge in [-0.3, -0.25) is 9.69 Å². The van der Waals surface area contributed by atoms with E-state index in [0.717, 1.165) is 19.5 Å². The summed E-state index contributed by atoms with van der Waals surface area (Å²) < 4.78 is 0. The van der Waals surface area contributed by atoms with Crippen molar-refractivity contribution in [3.63, 3.8) is 0 Å². The lowest BCUT2D eigenvalue weighted by molar-refractivity contribution is -0.141. The summed E-state index contributed by atoms with van der Waals surface area (Å²) >= 11 is 0. The summed E-state index contributed by atoms with van der Waals surface area (Å²) in [7, 11) is 4.14. The Labute approximate surface area is 98.2 Å². The van der Waals surface area contributed by atoms with Crippen LogP contribution in [0.5, 0.6) is 0 Å². The van der Waals surface area contributed by atoms with E-state index in [1.54, 1.807) is 6.92 Å². The molecule has 0 saturated heterocycles. The largest absolute Gasteiger partial charge is 0.481 e. The van der Waals surface area contributed by atoms with Crippen LogP contribution in [-0.4, -0.2) is 60.6 Å². The molecule has 4 heteroatoms. The van der Waals surface area contributed by atoms with Gasteiger partial charge >= 0.3 is 5.97 Å². The van der Waals surface area contributed by atoms with Gasteiger partial charge in [0.25, 0.3) is 0 Å². The molecular formula is C12H24N2O2. The summed E-state index contributed by atoms with van der Waals surface area (Å²) in [5.74, 6) is -0.932. The van der Waals surface area contributed by atoms with E-state index in [0.29, 0.717) is 12.6 Å². The summed E-state index contributed by atoms with van der Waals surface area (Å²) in [5.41, 5.74) is 0. The second kappa shape index (κ2) is 6.21. The summed E-state index contributed by atoms with van der Waals surface area (Å²) in [6.07, 6.45) is 3.61. The van der Waals surface area contributed by atoms with Crippen LogP contribution in [-0.2, 0) is 4.79 Å². The standard InChI is InChI=1S/C12H24N2O2/c1-10(12(15)16)9-14(11-5-6-11)8-4-7-13(2)3/h10-11H,4-9H2,1-3H3,(H,15,16). The summed E-state index contributed by atoms with van der Waals surface area (Å²) in [6, 6.07) is 0.656. The molecule has 0 radical (unpaired) electrons. The van der Waals surface area contributed by atoms with E-state index in [1.165, 1.54) is 12.8 Å². The third-order valence-electron chi connectivity index (χ3n) is 3.04. The highest BCUT2D eigenvalue weighted by molar-refractivity contribution is 5.69. The highest BCUT2D eigenvalue weighted by Crippen LogP contribution is 2.27. The van der Waals surface area contributed by atoms with Crippen molar-refractivity contribution in [3.05, 3.63) is 0 Å². The van der Waals surface area contributed by atoms with Crippen LogP contribution in [0.15, 0.2) is 0 Å². The van der Waals surface area contributed by atoms with Gasteiger partial charge in [0.2, 0.25) is 0 Å². The molecule has 0 bridgehead atoms. The Bertz CT molecular complexity index is 227. The highest BCUT2D eigenvalue weighted by Gasteiger charge is 2.30. The van der Waals surface area contributed by atoms with Crippen molar-refractivity contribution in [2.75, 3.05) is 33.7 Å². The Morgan fingerprint density at radius 3 is 2.44 bits per heavy atom. The van der Waals surface area contributed by atoms with Gasteiger partial charge in [-0.2, -0.15) is 0 Å². The van der Waals surface area contributed by atoms with Gasteiger partial charge in [0.05, 0.1) is 5.92 Å². The van der Waals surface area contributed by atoms with E-state index >= 15 is 0 Å². The van der Waals surface area contributed by atoms with Crippen LogP contribution in [0.3, 0.4) is 0 Å². The van der Waals surface area contributed by atoms with Gasteiger partial charge < -0.3 is 10.0 Å². The lowest BCUT2D eigenvalue weighted by atomic mass is 10.1. The first-order valence-electron chi connectivity index (χ1n) is 6.12. The third kappa shape index (κ3) is 4.94. The fraction of sp³-hybridized carbons (Fsp3) is 0.917. The number of carbonyl (C=O) groups is 1. The van der Waals surface area contributed by atoms with Crippen LogP contribution < -0.4 is 0 Å².